The lowest BCUT2D eigenvalue weighted by atomic mass is 10.2. The topological polar surface area (TPSA) is 32.7 Å². The molecule has 1 saturated heterocycles. The van der Waals surface area contributed by atoms with E-state index in [-0.39, 0.29) is 12.6 Å². The van der Waals surface area contributed by atoms with Crippen molar-refractivity contribution in [1.82, 2.24) is 0 Å². The minimum Gasteiger partial charge on any atom is -0.457 e. The standard InChI is InChI=1S/C18H20BrNO2/c1-13-17(19)5-2-6-18(13)22-16-9-7-14(8-10-16)20-11-3-4-15(20)12-21/h2,5-10,15,21H,3-4,11-12H2,1H3/t15-/m0/s1. The lowest BCUT2D eigenvalue weighted by molar-refractivity contribution is 0.266. The van der Waals surface area contributed by atoms with Crippen LogP contribution in [0.2, 0.25) is 0 Å². The van der Waals surface area contributed by atoms with Gasteiger partial charge >= 0.3 is 0 Å². The van der Waals surface area contributed by atoms with Crippen LogP contribution < -0.4 is 9.64 Å². The minimum absolute atomic E-state index is 0.218. The molecule has 1 aliphatic rings. The molecule has 0 bridgehead atoms. The van der Waals surface area contributed by atoms with Crippen molar-refractivity contribution in [2.24, 2.45) is 0 Å². The molecule has 2 aromatic rings. The number of nitrogens with zero attached hydrogens (tertiary/aromatic N) is 1. The summed E-state index contributed by atoms with van der Waals surface area (Å²) in [6.07, 6.45) is 2.20. The van der Waals surface area contributed by atoms with Gasteiger partial charge in [0.1, 0.15) is 11.5 Å². The number of halogens is 1. The van der Waals surface area contributed by atoms with Crippen LogP contribution in [0.5, 0.6) is 11.5 Å². The average Bonchev–Trinajstić information content (AvgIpc) is 3.01. The molecule has 3 nitrogen and oxygen atoms in total. The van der Waals surface area contributed by atoms with E-state index in [1.54, 1.807) is 0 Å². The first-order valence-electron chi connectivity index (χ1n) is 7.59. The van der Waals surface area contributed by atoms with Gasteiger partial charge in [0.25, 0.3) is 0 Å². The molecule has 3 rings (SSSR count). The van der Waals surface area contributed by atoms with Gasteiger partial charge in [-0.1, -0.05) is 22.0 Å². The van der Waals surface area contributed by atoms with Crippen LogP contribution in [-0.4, -0.2) is 24.3 Å². The minimum atomic E-state index is 0.218. The predicted molar refractivity (Wildman–Crippen MR) is 92.8 cm³/mol. The van der Waals surface area contributed by atoms with Gasteiger partial charge in [0.05, 0.1) is 12.6 Å². The lowest BCUT2D eigenvalue weighted by Gasteiger charge is -2.25. The fourth-order valence-corrected chi connectivity index (χ4v) is 3.24. The van der Waals surface area contributed by atoms with Crippen LogP contribution in [0.1, 0.15) is 18.4 Å². The van der Waals surface area contributed by atoms with Crippen molar-refractivity contribution in [3.05, 3.63) is 52.5 Å². The van der Waals surface area contributed by atoms with Crippen LogP contribution in [0.25, 0.3) is 0 Å². The van der Waals surface area contributed by atoms with Crippen molar-refractivity contribution in [2.45, 2.75) is 25.8 Å². The number of aliphatic hydroxyl groups is 1. The second kappa shape index (κ2) is 6.71. The highest BCUT2D eigenvalue weighted by Gasteiger charge is 2.23. The number of ether oxygens (including phenoxy) is 1. The molecule has 4 heteroatoms. The summed E-state index contributed by atoms with van der Waals surface area (Å²) in [5.41, 5.74) is 2.24. The molecule has 1 atom stereocenters. The van der Waals surface area contributed by atoms with Gasteiger partial charge in [-0.15, -0.1) is 0 Å². The molecule has 0 radical (unpaired) electrons. The lowest BCUT2D eigenvalue weighted by Crippen LogP contribution is -2.31. The molecule has 0 aliphatic carbocycles. The summed E-state index contributed by atoms with van der Waals surface area (Å²) in [6, 6.07) is 14.3. The van der Waals surface area contributed by atoms with Crippen molar-refractivity contribution in [3.63, 3.8) is 0 Å². The molecule has 1 heterocycles. The molecule has 1 aliphatic heterocycles. The molecule has 116 valence electrons. The summed E-state index contributed by atoms with van der Waals surface area (Å²) >= 11 is 3.52. The molecule has 1 N–H and O–H groups in total. The number of hydrogen-bond acceptors (Lipinski definition) is 3. The van der Waals surface area contributed by atoms with Crippen molar-refractivity contribution in [2.75, 3.05) is 18.1 Å². The van der Waals surface area contributed by atoms with Gasteiger partial charge in [-0.05, 0) is 56.2 Å². The summed E-state index contributed by atoms with van der Waals surface area (Å²) in [5.74, 6) is 1.68. The average molecular weight is 362 g/mol. The summed E-state index contributed by atoms with van der Waals surface area (Å²) in [5, 5.41) is 9.43. The van der Waals surface area contributed by atoms with Crippen molar-refractivity contribution >= 4 is 21.6 Å². The van der Waals surface area contributed by atoms with Crippen LogP contribution in [0.15, 0.2) is 46.9 Å². The second-order valence-electron chi connectivity index (χ2n) is 5.63. The first-order chi connectivity index (χ1) is 10.7. The smallest absolute Gasteiger partial charge is 0.131 e. The van der Waals surface area contributed by atoms with Gasteiger partial charge in [0, 0.05) is 22.3 Å². The molecule has 0 unspecified atom stereocenters. The Labute approximate surface area is 139 Å². The zero-order chi connectivity index (χ0) is 15.5. The van der Waals surface area contributed by atoms with Gasteiger partial charge in [-0.25, -0.2) is 0 Å². The Hall–Kier alpha value is -1.52. The number of rotatable bonds is 4. The maximum atomic E-state index is 9.43. The maximum Gasteiger partial charge on any atom is 0.131 e. The highest BCUT2D eigenvalue weighted by Crippen LogP contribution is 2.32. The van der Waals surface area contributed by atoms with E-state index in [0.717, 1.165) is 46.6 Å². The first kappa shape index (κ1) is 15.4. The summed E-state index contributed by atoms with van der Waals surface area (Å²) < 4.78 is 7.01. The molecule has 2 aromatic carbocycles. The van der Waals surface area contributed by atoms with Crippen LogP contribution >= 0.6 is 15.9 Å². The molecule has 1 fully saturated rings. The zero-order valence-corrected chi connectivity index (χ0v) is 14.2. The van der Waals surface area contributed by atoms with E-state index in [9.17, 15) is 5.11 Å². The van der Waals surface area contributed by atoms with E-state index in [1.165, 1.54) is 0 Å². The molecule has 0 amide bonds. The second-order valence-corrected chi connectivity index (χ2v) is 6.49. The number of hydrogen-bond donors (Lipinski definition) is 1. The van der Waals surface area contributed by atoms with Crippen LogP contribution in [0, 0.1) is 6.92 Å². The Kier molecular flexibility index (Phi) is 4.69. The molecule has 0 saturated carbocycles. The van der Waals surface area contributed by atoms with Gasteiger partial charge in [0.2, 0.25) is 0 Å². The van der Waals surface area contributed by atoms with E-state index in [0.29, 0.717) is 0 Å². The normalized spacial score (nSPS) is 17.8. The van der Waals surface area contributed by atoms with Crippen molar-refractivity contribution in [1.29, 1.82) is 0 Å². The molecule has 0 aromatic heterocycles. The summed E-state index contributed by atoms with van der Waals surface area (Å²) in [6.45, 7) is 3.26. The quantitative estimate of drug-likeness (QED) is 0.869. The highest BCUT2D eigenvalue weighted by atomic mass is 79.9. The summed E-state index contributed by atoms with van der Waals surface area (Å²) in [7, 11) is 0. The third kappa shape index (κ3) is 3.13. The van der Waals surface area contributed by atoms with Crippen molar-refractivity contribution in [3.8, 4) is 11.5 Å². The Morgan fingerprint density at radius 2 is 2.00 bits per heavy atom. The van der Waals surface area contributed by atoms with Crippen LogP contribution in [0.3, 0.4) is 0 Å². The predicted octanol–water partition coefficient (Wildman–Crippen LogP) is 4.51. The van der Waals surface area contributed by atoms with Gasteiger partial charge in [0.15, 0.2) is 0 Å². The highest BCUT2D eigenvalue weighted by molar-refractivity contribution is 9.10. The Bertz CT molecular complexity index is 642. The largest absolute Gasteiger partial charge is 0.457 e. The number of aliphatic hydroxyl groups excluding tert-OH is 1. The van der Waals surface area contributed by atoms with E-state index in [1.807, 2.05) is 37.3 Å². The van der Waals surface area contributed by atoms with E-state index < -0.39 is 0 Å². The van der Waals surface area contributed by atoms with E-state index in [4.69, 9.17) is 4.74 Å². The fourth-order valence-electron chi connectivity index (χ4n) is 2.90. The third-order valence-electron chi connectivity index (χ3n) is 4.20. The SMILES string of the molecule is Cc1c(Br)cccc1Oc1ccc(N2CCC[C@H]2CO)cc1. The molecular formula is C18H20BrNO2. The van der Waals surface area contributed by atoms with Gasteiger partial charge in [-0.3, -0.25) is 0 Å². The molecular weight excluding hydrogens is 342 g/mol. The van der Waals surface area contributed by atoms with E-state index in [2.05, 4.69) is 33.0 Å². The van der Waals surface area contributed by atoms with E-state index >= 15 is 0 Å². The first-order valence-corrected chi connectivity index (χ1v) is 8.39. The van der Waals surface area contributed by atoms with Gasteiger partial charge < -0.3 is 14.7 Å². The van der Waals surface area contributed by atoms with Crippen LogP contribution in [-0.2, 0) is 0 Å². The van der Waals surface area contributed by atoms with Gasteiger partial charge in [-0.2, -0.15) is 0 Å². The monoisotopic (exact) mass is 361 g/mol. The maximum absolute atomic E-state index is 9.43. The zero-order valence-electron chi connectivity index (χ0n) is 12.6. The molecule has 22 heavy (non-hydrogen) atoms. The Balaban J connectivity index is 1.76. The Morgan fingerprint density at radius 1 is 1.23 bits per heavy atom. The number of anilines is 1. The molecule has 0 spiro atoms. The van der Waals surface area contributed by atoms with Crippen LogP contribution in [0.4, 0.5) is 5.69 Å². The fraction of sp³-hybridized carbons (Fsp3) is 0.333. The summed E-state index contributed by atoms with van der Waals surface area (Å²) in [4.78, 5) is 2.27. The van der Waals surface area contributed by atoms with Crippen molar-refractivity contribution < 1.29 is 9.84 Å². The third-order valence-corrected chi connectivity index (χ3v) is 5.06. The Morgan fingerprint density at radius 3 is 2.73 bits per heavy atom. The number of benzene rings is 2.